The number of benzene rings is 2. The molecule has 3 aliphatic rings. The Hall–Kier alpha value is -3.23. The Balaban J connectivity index is 1.61. The van der Waals surface area contributed by atoms with E-state index in [1.165, 1.54) is 4.90 Å². The van der Waals surface area contributed by atoms with Crippen LogP contribution in [0.3, 0.4) is 0 Å². The molecule has 2 aromatic rings. The number of amides is 4. The topological polar surface area (TPSA) is 122 Å². The van der Waals surface area contributed by atoms with E-state index in [-0.39, 0.29) is 25.3 Å². The lowest BCUT2D eigenvalue weighted by atomic mass is 9.76. The highest BCUT2D eigenvalue weighted by atomic mass is 35.5. The summed E-state index contributed by atoms with van der Waals surface area (Å²) in [6, 6.07) is 12.1. The maximum Gasteiger partial charge on any atom is 0.250 e. The van der Waals surface area contributed by atoms with Gasteiger partial charge in [0.15, 0.2) is 0 Å². The summed E-state index contributed by atoms with van der Waals surface area (Å²) in [6.07, 6.45) is 0.275. The smallest absolute Gasteiger partial charge is 0.250 e. The van der Waals surface area contributed by atoms with Crippen LogP contribution in [0, 0.1) is 18.8 Å². The van der Waals surface area contributed by atoms with Gasteiger partial charge in [-0.1, -0.05) is 48.0 Å². The van der Waals surface area contributed by atoms with Gasteiger partial charge >= 0.3 is 0 Å². The van der Waals surface area contributed by atoms with Crippen molar-refractivity contribution in [3.63, 3.8) is 0 Å². The van der Waals surface area contributed by atoms with Crippen molar-refractivity contribution in [3.8, 4) is 0 Å². The van der Waals surface area contributed by atoms with Crippen molar-refractivity contribution in [2.75, 3.05) is 5.32 Å². The van der Waals surface area contributed by atoms with Gasteiger partial charge in [0.1, 0.15) is 5.54 Å². The van der Waals surface area contributed by atoms with Crippen molar-refractivity contribution in [3.05, 3.63) is 64.2 Å². The fraction of sp³-hybridized carbons (Fsp3) is 0.333. The Morgan fingerprint density at radius 2 is 1.85 bits per heavy atom. The van der Waals surface area contributed by atoms with Crippen molar-refractivity contribution < 1.29 is 19.2 Å². The third-order valence-electron chi connectivity index (χ3n) is 7.06. The molecule has 1 spiro atoms. The van der Waals surface area contributed by atoms with Gasteiger partial charge in [0.2, 0.25) is 23.6 Å². The molecule has 4 amide bonds. The van der Waals surface area contributed by atoms with E-state index in [1.54, 1.807) is 19.1 Å². The van der Waals surface area contributed by atoms with E-state index in [0.717, 1.165) is 5.56 Å². The average Bonchev–Trinajstić information content (AvgIpc) is 3.37. The largest absolute Gasteiger partial charge is 0.370 e. The first-order valence-corrected chi connectivity index (χ1v) is 11.2. The van der Waals surface area contributed by atoms with Gasteiger partial charge in [0.25, 0.3) is 0 Å². The summed E-state index contributed by atoms with van der Waals surface area (Å²) in [4.78, 5) is 53.5. The first-order valence-electron chi connectivity index (χ1n) is 10.8. The number of nitrogens with one attached hydrogen (secondary N) is 2. The Morgan fingerprint density at radius 1 is 1.12 bits per heavy atom. The Kier molecular flexibility index (Phi) is 5.02. The van der Waals surface area contributed by atoms with Crippen LogP contribution < -0.4 is 16.4 Å². The van der Waals surface area contributed by atoms with Gasteiger partial charge in [0.05, 0.1) is 24.1 Å². The Morgan fingerprint density at radius 3 is 2.55 bits per heavy atom. The van der Waals surface area contributed by atoms with Gasteiger partial charge in [-0.3, -0.25) is 29.4 Å². The molecular weight excluding hydrogens is 444 g/mol. The van der Waals surface area contributed by atoms with Crippen molar-refractivity contribution in [1.29, 1.82) is 0 Å². The van der Waals surface area contributed by atoms with E-state index in [1.807, 2.05) is 30.3 Å². The molecule has 0 radical (unpaired) electrons. The maximum atomic E-state index is 13.7. The zero-order chi connectivity index (χ0) is 23.5. The molecule has 0 saturated carbocycles. The van der Waals surface area contributed by atoms with Crippen LogP contribution in [0.25, 0.3) is 0 Å². The van der Waals surface area contributed by atoms with Gasteiger partial charge in [-0.15, -0.1) is 0 Å². The molecular formula is C24H23ClN4O4. The van der Waals surface area contributed by atoms with E-state index >= 15 is 0 Å². The highest BCUT2D eigenvalue weighted by Crippen LogP contribution is 2.54. The first-order chi connectivity index (χ1) is 15.8. The fourth-order valence-electron chi connectivity index (χ4n) is 5.52. The number of hydrogen-bond acceptors (Lipinski definition) is 5. The lowest BCUT2D eigenvalue weighted by molar-refractivity contribution is -0.143. The van der Waals surface area contributed by atoms with E-state index in [9.17, 15) is 19.2 Å². The molecule has 2 saturated heterocycles. The zero-order valence-electron chi connectivity index (χ0n) is 17.9. The summed E-state index contributed by atoms with van der Waals surface area (Å²) >= 11 is 6.27. The van der Waals surface area contributed by atoms with Crippen molar-refractivity contribution >= 4 is 40.9 Å². The number of nitrogens with two attached hydrogens (primary N) is 1. The molecule has 0 aromatic heterocycles. The SMILES string of the molecule is Cc1c(Cl)ccc2c1NC(=O)[C@@]21N[C@@H](CCC(N)=O)[C@H]2C(=O)N(Cc3ccccc3)C(=O)[C@H]21. The minimum atomic E-state index is -1.42. The summed E-state index contributed by atoms with van der Waals surface area (Å²) < 4.78 is 0. The summed E-state index contributed by atoms with van der Waals surface area (Å²) in [5.41, 5.74) is 6.59. The van der Waals surface area contributed by atoms with Crippen LogP contribution in [-0.4, -0.2) is 34.6 Å². The first kappa shape index (κ1) is 21.6. The fourth-order valence-corrected chi connectivity index (χ4v) is 5.67. The molecule has 5 rings (SSSR count). The summed E-state index contributed by atoms with van der Waals surface area (Å²) in [6.45, 7) is 1.92. The highest BCUT2D eigenvalue weighted by molar-refractivity contribution is 6.32. The molecule has 0 unspecified atom stereocenters. The molecule has 8 nitrogen and oxygen atoms in total. The number of nitrogens with zero attached hydrogens (tertiary/aromatic N) is 1. The Bertz CT molecular complexity index is 1200. The molecule has 3 heterocycles. The molecule has 4 atom stereocenters. The van der Waals surface area contributed by atoms with Crippen LogP contribution in [0.15, 0.2) is 42.5 Å². The number of anilines is 1. The number of halogens is 1. The number of carbonyl (C=O) groups is 4. The predicted octanol–water partition coefficient (Wildman–Crippen LogP) is 1.83. The average molecular weight is 467 g/mol. The van der Waals surface area contributed by atoms with E-state index < -0.39 is 41.1 Å². The number of imide groups is 1. The number of likely N-dealkylation sites (tertiary alicyclic amines) is 1. The van der Waals surface area contributed by atoms with Crippen molar-refractivity contribution in [2.45, 2.75) is 37.9 Å². The van der Waals surface area contributed by atoms with Gasteiger partial charge in [-0.2, -0.15) is 0 Å². The van der Waals surface area contributed by atoms with Crippen molar-refractivity contribution in [1.82, 2.24) is 10.2 Å². The van der Waals surface area contributed by atoms with Crippen LogP contribution in [-0.2, 0) is 31.3 Å². The summed E-state index contributed by atoms with van der Waals surface area (Å²) in [5.74, 6) is -3.38. The molecule has 0 aliphatic carbocycles. The van der Waals surface area contributed by atoms with Gasteiger partial charge in [-0.25, -0.2) is 0 Å². The monoisotopic (exact) mass is 466 g/mol. The third-order valence-corrected chi connectivity index (χ3v) is 7.47. The van der Waals surface area contributed by atoms with Gasteiger partial charge in [0, 0.05) is 23.0 Å². The molecule has 2 fully saturated rings. The number of carbonyl (C=O) groups excluding carboxylic acids is 4. The second kappa shape index (κ2) is 7.67. The summed E-state index contributed by atoms with van der Waals surface area (Å²) in [7, 11) is 0. The van der Waals surface area contributed by atoms with E-state index in [4.69, 9.17) is 17.3 Å². The maximum absolute atomic E-state index is 13.7. The molecule has 2 aromatic carbocycles. The molecule has 0 bridgehead atoms. The normalized spacial score (nSPS) is 27.8. The minimum Gasteiger partial charge on any atom is -0.370 e. The standard InChI is InChI=1S/C24H23ClN4O4/c1-12-15(25)8-7-14-20(12)27-23(33)24(14)19-18(16(28-24)9-10-17(26)30)21(31)29(22(19)32)11-13-5-3-2-4-6-13/h2-8,16,18-19,28H,9-11H2,1H3,(H2,26,30)(H,27,33)/t16-,18+,19-,24+/m0/s1. The van der Waals surface area contributed by atoms with Crippen LogP contribution in [0.5, 0.6) is 0 Å². The second-order valence-corrected chi connectivity index (χ2v) is 9.27. The number of fused-ring (bicyclic) bond motifs is 4. The van der Waals surface area contributed by atoms with Crippen molar-refractivity contribution in [2.24, 2.45) is 17.6 Å². The molecule has 33 heavy (non-hydrogen) atoms. The highest BCUT2D eigenvalue weighted by Gasteiger charge is 2.70. The lowest BCUT2D eigenvalue weighted by Crippen LogP contribution is -2.53. The van der Waals surface area contributed by atoms with E-state index in [0.29, 0.717) is 21.8 Å². The van der Waals surface area contributed by atoms with E-state index in [2.05, 4.69) is 10.6 Å². The van der Waals surface area contributed by atoms with Gasteiger partial charge in [-0.05, 0) is 30.5 Å². The zero-order valence-corrected chi connectivity index (χ0v) is 18.7. The lowest BCUT2D eigenvalue weighted by Gasteiger charge is -2.29. The molecule has 9 heteroatoms. The van der Waals surface area contributed by atoms with Crippen LogP contribution >= 0.6 is 11.6 Å². The second-order valence-electron chi connectivity index (χ2n) is 8.86. The molecule has 3 aliphatic heterocycles. The molecule has 4 N–H and O–H groups in total. The Labute approximate surface area is 195 Å². The number of rotatable bonds is 5. The van der Waals surface area contributed by atoms with Gasteiger partial charge < -0.3 is 11.1 Å². The predicted molar refractivity (Wildman–Crippen MR) is 121 cm³/mol. The van der Waals surface area contributed by atoms with Crippen LogP contribution in [0.1, 0.15) is 29.5 Å². The quantitative estimate of drug-likeness (QED) is 0.580. The molecule has 170 valence electrons. The van der Waals surface area contributed by atoms with Crippen LogP contribution in [0.2, 0.25) is 5.02 Å². The van der Waals surface area contributed by atoms with Crippen LogP contribution in [0.4, 0.5) is 5.69 Å². The third kappa shape index (κ3) is 3.08. The summed E-state index contributed by atoms with van der Waals surface area (Å²) in [5, 5.41) is 6.66. The minimum absolute atomic E-state index is 0.0330. The number of hydrogen-bond donors (Lipinski definition) is 3. The number of primary amides is 1.